The van der Waals surface area contributed by atoms with Crippen molar-refractivity contribution in [2.45, 2.75) is 37.9 Å². The molecule has 300 valence electrons. The summed E-state index contributed by atoms with van der Waals surface area (Å²) >= 11 is 0. The second-order valence-electron chi connectivity index (χ2n) is 13.6. The van der Waals surface area contributed by atoms with E-state index in [4.69, 9.17) is 4.74 Å². The number of aromatic nitrogens is 1. The van der Waals surface area contributed by atoms with E-state index in [2.05, 4.69) is 15.6 Å². The lowest BCUT2D eigenvalue weighted by atomic mass is 9.98. The van der Waals surface area contributed by atoms with E-state index in [1.165, 1.54) is 35.2 Å². The van der Waals surface area contributed by atoms with Crippen molar-refractivity contribution in [3.8, 4) is 11.5 Å². The van der Waals surface area contributed by atoms with E-state index in [9.17, 15) is 42.9 Å². The predicted octanol–water partition coefficient (Wildman–Crippen LogP) is 7.54. The fourth-order valence-electron chi connectivity index (χ4n) is 6.62. The molecule has 2 amide bonds. The molecule has 11 nitrogen and oxygen atoms in total. The number of nitrogens with one attached hydrogen (secondary N) is 3. The average molecular weight is 795 g/mol. The molecule has 58 heavy (non-hydrogen) atoms. The number of ether oxygens (including phenoxy) is 1. The number of phenols is 1. The number of nitrogens with zero attached hydrogens (tertiary/aromatic N) is 1. The monoisotopic (exact) mass is 794 g/mol. The van der Waals surface area contributed by atoms with E-state index in [-0.39, 0.29) is 43.4 Å². The van der Waals surface area contributed by atoms with E-state index < -0.39 is 35.5 Å². The van der Waals surface area contributed by atoms with Crippen LogP contribution in [0.1, 0.15) is 62.3 Å². The summed E-state index contributed by atoms with van der Waals surface area (Å²) in [5.41, 5.74) is 2.31. The van der Waals surface area contributed by atoms with Crippen LogP contribution in [-0.4, -0.2) is 56.8 Å². The van der Waals surface area contributed by atoms with Gasteiger partial charge in [0.2, 0.25) is 5.56 Å². The van der Waals surface area contributed by atoms with Crippen LogP contribution in [0.25, 0.3) is 10.9 Å². The van der Waals surface area contributed by atoms with E-state index in [1.807, 2.05) is 30.3 Å². The number of amides is 2. The van der Waals surface area contributed by atoms with Gasteiger partial charge in [0.05, 0.1) is 23.2 Å². The summed E-state index contributed by atoms with van der Waals surface area (Å²) in [6.07, 6.45) is -6.31. The third-order valence-corrected chi connectivity index (χ3v) is 9.50. The number of aromatic hydroxyl groups is 1. The van der Waals surface area contributed by atoms with Gasteiger partial charge in [-0.2, -0.15) is 13.2 Å². The SMILES string of the molecule is O=C(O)NC(c1ccccc1)c1cccc(OCc2ccc(C(=O)N(CCCNC[C@@H](O)c3ccc(O)c4[nH]c(=O)ccc34)Cc3cccc(C(F)(F)F)c3)cc2)c1. The summed E-state index contributed by atoms with van der Waals surface area (Å²) < 4.78 is 46.6. The molecule has 1 aromatic heterocycles. The average Bonchev–Trinajstić information content (AvgIpc) is 3.22. The highest BCUT2D eigenvalue weighted by Crippen LogP contribution is 2.31. The molecule has 0 aliphatic carbocycles. The minimum atomic E-state index is -4.55. The Morgan fingerprint density at radius 1 is 0.828 bits per heavy atom. The van der Waals surface area contributed by atoms with Crippen molar-refractivity contribution in [2.24, 2.45) is 0 Å². The Morgan fingerprint density at radius 3 is 2.31 bits per heavy atom. The molecule has 0 fully saturated rings. The molecule has 6 aromatic rings. The molecule has 6 rings (SSSR count). The number of benzene rings is 5. The number of carbonyl (C=O) groups is 2. The highest BCUT2D eigenvalue weighted by atomic mass is 19.4. The maximum Gasteiger partial charge on any atom is 0.416 e. The summed E-state index contributed by atoms with van der Waals surface area (Å²) in [7, 11) is 0. The summed E-state index contributed by atoms with van der Waals surface area (Å²) in [4.78, 5) is 41.2. The second kappa shape index (κ2) is 18.5. The van der Waals surface area contributed by atoms with Crippen LogP contribution < -0.4 is 20.9 Å². The molecule has 0 spiro atoms. The van der Waals surface area contributed by atoms with Gasteiger partial charge in [0.1, 0.15) is 18.1 Å². The topological polar surface area (TPSA) is 164 Å². The van der Waals surface area contributed by atoms with Crippen molar-refractivity contribution in [1.29, 1.82) is 0 Å². The lowest BCUT2D eigenvalue weighted by Crippen LogP contribution is -2.33. The van der Waals surface area contributed by atoms with Crippen LogP contribution in [0.4, 0.5) is 18.0 Å². The first kappa shape index (κ1) is 41.0. The molecule has 1 unspecified atom stereocenters. The predicted molar refractivity (Wildman–Crippen MR) is 212 cm³/mol. The number of halogens is 3. The number of rotatable bonds is 16. The first-order valence-corrected chi connectivity index (χ1v) is 18.4. The molecule has 2 atom stereocenters. The van der Waals surface area contributed by atoms with Crippen molar-refractivity contribution in [3.05, 3.63) is 177 Å². The molecular weight excluding hydrogens is 753 g/mol. The molecule has 1 heterocycles. The molecule has 0 bridgehead atoms. The Morgan fingerprint density at radius 2 is 1.57 bits per heavy atom. The van der Waals surface area contributed by atoms with Crippen LogP contribution in [0.15, 0.2) is 132 Å². The molecule has 14 heteroatoms. The van der Waals surface area contributed by atoms with Gasteiger partial charge in [-0.3, -0.25) is 9.59 Å². The molecule has 0 aliphatic rings. The number of alkyl halides is 3. The third-order valence-electron chi connectivity index (χ3n) is 9.50. The second-order valence-corrected chi connectivity index (χ2v) is 13.6. The van der Waals surface area contributed by atoms with Gasteiger partial charge in [0, 0.05) is 36.7 Å². The molecule has 0 saturated heterocycles. The van der Waals surface area contributed by atoms with Gasteiger partial charge < -0.3 is 40.6 Å². The number of aromatic amines is 1. The highest BCUT2D eigenvalue weighted by Gasteiger charge is 2.30. The number of aliphatic hydroxyl groups excluding tert-OH is 1. The number of hydrogen-bond donors (Lipinski definition) is 6. The van der Waals surface area contributed by atoms with E-state index in [1.54, 1.807) is 54.6 Å². The quantitative estimate of drug-likeness (QED) is 0.0548. The van der Waals surface area contributed by atoms with Crippen LogP contribution in [0, 0.1) is 0 Å². The fourth-order valence-corrected chi connectivity index (χ4v) is 6.62. The van der Waals surface area contributed by atoms with Gasteiger partial charge in [-0.15, -0.1) is 0 Å². The normalized spacial score (nSPS) is 12.5. The van der Waals surface area contributed by atoms with Crippen molar-refractivity contribution in [1.82, 2.24) is 20.5 Å². The molecule has 0 saturated carbocycles. The van der Waals surface area contributed by atoms with Gasteiger partial charge in [-0.05, 0) is 89.3 Å². The number of carboxylic acid groups (broad SMARTS) is 1. The molecule has 5 aromatic carbocycles. The number of aliphatic hydroxyl groups is 1. The third kappa shape index (κ3) is 10.6. The van der Waals surface area contributed by atoms with Crippen LogP contribution >= 0.6 is 0 Å². The summed E-state index contributed by atoms with van der Waals surface area (Å²) in [5, 5.41) is 36.7. The van der Waals surface area contributed by atoms with Gasteiger partial charge in [-0.25, -0.2) is 4.79 Å². The summed E-state index contributed by atoms with van der Waals surface area (Å²) in [6, 6.07) is 32.9. The zero-order valence-electron chi connectivity index (χ0n) is 31.1. The number of hydrogen-bond acceptors (Lipinski definition) is 7. The van der Waals surface area contributed by atoms with Crippen LogP contribution in [0.5, 0.6) is 11.5 Å². The van der Waals surface area contributed by atoms with Gasteiger partial charge >= 0.3 is 12.3 Å². The molecule has 6 N–H and O–H groups in total. The zero-order valence-corrected chi connectivity index (χ0v) is 31.1. The minimum absolute atomic E-state index is 0.0784. The Balaban J connectivity index is 1.10. The largest absolute Gasteiger partial charge is 0.506 e. The van der Waals surface area contributed by atoms with Crippen molar-refractivity contribution in [2.75, 3.05) is 19.6 Å². The standard InChI is InChI=1S/C44H41F3N4O7/c45-44(46,47)33-11-4-7-29(23-33)26-51(22-6-21-48-25-38(53)35-17-19-37(52)41-36(35)18-20-39(54)49-41)42(55)31-15-13-28(14-16-31)27-58-34-12-5-10-32(24-34)40(50-43(56)57)30-8-2-1-3-9-30/h1-5,7-20,23-24,38,40,48,50,52-53H,6,21-22,25-27H2,(H,49,54)(H,56,57)/t38-,40?/m1/s1. The number of fused-ring (bicyclic) bond motifs is 1. The number of pyridine rings is 1. The van der Waals surface area contributed by atoms with E-state index in [0.717, 1.165) is 23.3 Å². The van der Waals surface area contributed by atoms with E-state index >= 15 is 0 Å². The van der Waals surface area contributed by atoms with E-state index in [0.29, 0.717) is 46.4 Å². The van der Waals surface area contributed by atoms with Crippen molar-refractivity contribution < 1.29 is 42.8 Å². The lowest BCUT2D eigenvalue weighted by Gasteiger charge is -2.24. The zero-order chi connectivity index (χ0) is 41.2. The first-order valence-electron chi connectivity index (χ1n) is 18.4. The molecule has 0 radical (unpaired) electrons. The summed E-state index contributed by atoms with van der Waals surface area (Å²) in [5.74, 6) is -0.00973. The maximum atomic E-state index is 13.9. The Labute approximate surface area is 331 Å². The van der Waals surface area contributed by atoms with Crippen LogP contribution in [0.2, 0.25) is 0 Å². The molecular formula is C44H41F3N4O7. The lowest BCUT2D eigenvalue weighted by molar-refractivity contribution is -0.137. The van der Waals surface area contributed by atoms with Crippen LogP contribution in [0.3, 0.4) is 0 Å². The Hall–Kier alpha value is -6.64. The first-order chi connectivity index (χ1) is 27.9. The number of phenolic OH excluding ortho intramolecular Hbond substituents is 1. The van der Waals surface area contributed by atoms with Crippen molar-refractivity contribution in [3.63, 3.8) is 0 Å². The molecule has 0 aliphatic heterocycles. The maximum absolute atomic E-state index is 13.9. The Bertz CT molecular complexity index is 2410. The van der Waals surface area contributed by atoms with Gasteiger partial charge in [0.25, 0.3) is 5.91 Å². The van der Waals surface area contributed by atoms with Gasteiger partial charge in [-0.1, -0.05) is 72.8 Å². The van der Waals surface area contributed by atoms with Crippen molar-refractivity contribution >= 4 is 22.9 Å². The Kier molecular flexibility index (Phi) is 13.1. The minimum Gasteiger partial charge on any atom is -0.506 e. The highest BCUT2D eigenvalue weighted by molar-refractivity contribution is 5.94. The fraction of sp³-hybridized carbons (Fsp3) is 0.205. The number of H-pyrrole nitrogens is 1. The number of carbonyl (C=O) groups excluding carboxylic acids is 1. The smallest absolute Gasteiger partial charge is 0.416 e. The van der Waals surface area contributed by atoms with Gasteiger partial charge in [0.15, 0.2) is 0 Å². The van der Waals surface area contributed by atoms with Crippen LogP contribution in [-0.2, 0) is 19.3 Å². The summed E-state index contributed by atoms with van der Waals surface area (Å²) in [6.45, 7) is 0.714.